The number of para-hydroxylation sites is 1. The average Bonchev–Trinajstić information content (AvgIpc) is 3.81. The van der Waals surface area contributed by atoms with Crippen molar-refractivity contribution < 1.29 is 41.5 Å². The van der Waals surface area contributed by atoms with E-state index >= 15 is 0 Å². The standard InChI is InChI=1S/C30H29F4N5O5S/c1-3-13-43-23-8-6-5-7-18(23)24-15-19(37-44-24)21-16-45-28(35-21)17-9-11-38(12-10-17)29(40)25(30(41)42-4-2)39-22(27(33)34)14-20(36-39)26(31)32/h1,5-8,14,16-17,24-27H,4,9-13,15H2,2H3. The maximum atomic E-state index is 13.7. The van der Waals surface area contributed by atoms with Crippen molar-refractivity contribution >= 4 is 28.9 Å². The fourth-order valence-electron chi connectivity index (χ4n) is 5.25. The van der Waals surface area contributed by atoms with E-state index in [2.05, 4.69) is 16.2 Å². The smallest absolute Gasteiger partial charge is 0.340 e. The summed E-state index contributed by atoms with van der Waals surface area (Å²) in [5.74, 6) is 1.05. The van der Waals surface area contributed by atoms with Crippen LogP contribution in [0.3, 0.4) is 0 Å². The van der Waals surface area contributed by atoms with E-state index in [9.17, 15) is 27.2 Å². The number of esters is 1. The Balaban J connectivity index is 1.24. The van der Waals surface area contributed by atoms with E-state index < -0.39 is 42.2 Å². The van der Waals surface area contributed by atoms with Crippen molar-refractivity contribution in [1.82, 2.24) is 19.7 Å². The Morgan fingerprint density at radius 1 is 1.18 bits per heavy atom. The predicted molar refractivity (Wildman–Crippen MR) is 154 cm³/mol. The second-order valence-electron chi connectivity index (χ2n) is 10.2. The van der Waals surface area contributed by atoms with Gasteiger partial charge in [-0.25, -0.2) is 32.0 Å². The molecule has 2 aromatic heterocycles. The molecule has 0 aliphatic carbocycles. The quantitative estimate of drug-likeness (QED) is 0.115. The number of nitrogens with zero attached hydrogens (tertiary/aromatic N) is 5. The van der Waals surface area contributed by atoms with Crippen molar-refractivity contribution in [3.05, 3.63) is 63.4 Å². The molecule has 0 saturated carbocycles. The molecule has 45 heavy (non-hydrogen) atoms. The first-order valence-corrected chi connectivity index (χ1v) is 15.0. The van der Waals surface area contributed by atoms with Gasteiger partial charge in [0.2, 0.25) is 6.04 Å². The number of likely N-dealkylation sites (tertiary alicyclic amines) is 1. The second-order valence-corrected chi connectivity index (χ2v) is 11.1. The maximum absolute atomic E-state index is 13.7. The normalized spacial score (nSPS) is 17.6. The molecule has 15 heteroatoms. The van der Waals surface area contributed by atoms with Crippen molar-refractivity contribution in [2.45, 2.75) is 57.1 Å². The van der Waals surface area contributed by atoms with Gasteiger partial charge in [-0.2, -0.15) is 5.10 Å². The number of carbonyl (C=O) groups excluding carboxylic acids is 2. The van der Waals surface area contributed by atoms with E-state index in [-0.39, 0.29) is 38.3 Å². The lowest BCUT2D eigenvalue weighted by Crippen LogP contribution is -2.45. The summed E-state index contributed by atoms with van der Waals surface area (Å²) in [5, 5.41) is 10.5. The molecule has 2 aliphatic rings. The van der Waals surface area contributed by atoms with Gasteiger partial charge in [-0.3, -0.25) is 4.79 Å². The molecule has 1 amide bonds. The summed E-state index contributed by atoms with van der Waals surface area (Å²) in [6.45, 7) is 1.82. The van der Waals surface area contributed by atoms with Crippen molar-refractivity contribution in [3.63, 3.8) is 0 Å². The number of hydrogen-bond donors (Lipinski definition) is 0. The van der Waals surface area contributed by atoms with Gasteiger partial charge in [0, 0.05) is 36.4 Å². The summed E-state index contributed by atoms with van der Waals surface area (Å²) in [4.78, 5) is 38.1. The van der Waals surface area contributed by atoms with Crippen molar-refractivity contribution in [2.24, 2.45) is 5.16 Å². The van der Waals surface area contributed by atoms with Gasteiger partial charge in [0.05, 0.1) is 17.3 Å². The summed E-state index contributed by atoms with van der Waals surface area (Å²) in [5.41, 5.74) is 0.244. The number of thiazole rings is 1. The Morgan fingerprint density at radius 2 is 1.93 bits per heavy atom. The molecule has 10 nitrogen and oxygen atoms in total. The van der Waals surface area contributed by atoms with E-state index in [1.54, 1.807) is 0 Å². The number of alkyl halides is 4. The van der Waals surface area contributed by atoms with Gasteiger partial charge in [0.25, 0.3) is 18.8 Å². The average molecular weight is 648 g/mol. The first-order chi connectivity index (χ1) is 21.7. The number of ether oxygens (including phenoxy) is 2. The summed E-state index contributed by atoms with van der Waals surface area (Å²) >= 11 is 1.45. The molecule has 5 rings (SSSR count). The zero-order chi connectivity index (χ0) is 32.1. The van der Waals surface area contributed by atoms with Crippen LogP contribution in [0.2, 0.25) is 0 Å². The van der Waals surface area contributed by atoms with Crippen LogP contribution in [0.25, 0.3) is 0 Å². The SMILES string of the molecule is C#CCOc1ccccc1C1CC(c2csc(C3CCN(C(=O)C(C(=O)OCC)n4nc(C(F)F)cc4C(F)F)CC3)n2)=NO1. The molecule has 2 atom stereocenters. The van der Waals surface area contributed by atoms with Gasteiger partial charge < -0.3 is 19.2 Å². The highest BCUT2D eigenvalue weighted by Crippen LogP contribution is 2.37. The number of rotatable bonds is 11. The first-order valence-electron chi connectivity index (χ1n) is 14.2. The van der Waals surface area contributed by atoms with Gasteiger partial charge in [-0.05, 0) is 31.9 Å². The minimum absolute atomic E-state index is 0.0165. The summed E-state index contributed by atoms with van der Waals surface area (Å²) in [6, 6.07) is 5.96. The van der Waals surface area contributed by atoms with Crippen molar-refractivity contribution in [1.29, 1.82) is 0 Å². The third-order valence-electron chi connectivity index (χ3n) is 7.44. The molecular formula is C30H29F4N5O5S. The molecule has 1 aromatic carbocycles. The monoisotopic (exact) mass is 647 g/mol. The second kappa shape index (κ2) is 14.1. The number of oxime groups is 1. The zero-order valence-electron chi connectivity index (χ0n) is 24.1. The first kappa shape index (κ1) is 32.0. The minimum Gasteiger partial charge on any atom is -0.481 e. The van der Waals surface area contributed by atoms with Crippen LogP contribution in [0.15, 0.2) is 40.9 Å². The van der Waals surface area contributed by atoms with Gasteiger partial charge in [0.1, 0.15) is 29.5 Å². The van der Waals surface area contributed by atoms with Gasteiger partial charge in [0.15, 0.2) is 6.10 Å². The number of piperidine rings is 1. The van der Waals surface area contributed by atoms with Gasteiger partial charge in [-0.1, -0.05) is 29.3 Å². The van der Waals surface area contributed by atoms with E-state index in [0.717, 1.165) is 10.6 Å². The summed E-state index contributed by atoms with van der Waals surface area (Å²) in [6.07, 6.45) is -0.0316. The van der Waals surface area contributed by atoms with Gasteiger partial charge in [-0.15, -0.1) is 17.8 Å². The molecule has 4 heterocycles. The van der Waals surface area contributed by atoms with E-state index in [0.29, 0.717) is 47.2 Å². The fourth-order valence-corrected chi connectivity index (χ4v) is 6.25. The Morgan fingerprint density at radius 3 is 2.62 bits per heavy atom. The maximum Gasteiger partial charge on any atom is 0.340 e. The fraction of sp³-hybridized carbons (Fsp3) is 0.433. The Bertz CT molecular complexity index is 1590. The molecule has 0 bridgehead atoms. The lowest BCUT2D eigenvalue weighted by molar-refractivity contribution is -0.155. The number of halogens is 4. The lowest BCUT2D eigenvalue weighted by Gasteiger charge is -2.33. The van der Waals surface area contributed by atoms with Crippen LogP contribution in [0.1, 0.15) is 84.8 Å². The van der Waals surface area contributed by atoms with Crippen LogP contribution >= 0.6 is 11.3 Å². The molecule has 0 spiro atoms. The number of aromatic nitrogens is 3. The Kier molecular flexibility index (Phi) is 10.0. The Labute approximate surface area is 260 Å². The molecule has 0 radical (unpaired) electrons. The summed E-state index contributed by atoms with van der Waals surface area (Å²) in [7, 11) is 0. The molecule has 1 fully saturated rings. The highest BCUT2D eigenvalue weighted by Gasteiger charge is 2.40. The topological polar surface area (TPSA) is 108 Å². The summed E-state index contributed by atoms with van der Waals surface area (Å²) < 4.78 is 65.0. The molecule has 2 unspecified atom stereocenters. The highest BCUT2D eigenvalue weighted by atomic mass is 32.1. The minimum atomic E-state index is -3.25. The largest absolute Gasteiger partial charge is 0.481 e. The van der Waals surface area contributed by atoms with Crippen LogP contribution in [0.4, 0.5) is 17.6 Å². The van der Waals surface area contributed by atoms with Crippen molar-refractivity contribution in [3.8, 4) is 18.1 Å². The van der Waals surface area contributed by atoms with Crippen LogP contribution in [0, 0.1) is 12.3 Å². The Hall–Kier alpha value is -4.45. The number of hydrogen-bond acceptors (Lipinski definition) is 9. The number of carbonyl (C=O) groups is 2. The molecular weight excluding hydrogens is 618 g/mol. The molecule has 1 saturated heterocycles. The van der Waals surface area contributed by atoms with E-state index in [1.165, 1.54) is 23.2 Å². The van der Waals surface area contributed by atoms with Crippen molar-refractivity contribution in [2.75, 3.05) is 26.3 Å². The van der Waals surface area contributed by atoms with Crippen LogP contribution < -0.4 is 4.74 Å². The zero-order valence-corrected chi connectivity index (χ0v) is 24.9. The van der Waals surface area contributed by atoms with E-state index in [1.807, 2.05) is 29.6 Å². The van der Waals surface area contributed by atoms with Gasteiger partial charge >= 0.3 is 5.97 Å². The number of benzene rings is 1. The highest BCUT2D eigenvalue weighted by molar-refractivity contribution is 7.10. The van der Waals surface area contributed by atoms with E-state index in [4.69, 9.17) is 25.7 Å². The molecule has 2 aliphatic heterocycles. The molecule has 0 N–H and O–H groups in total. The number of terminal acetylenes is 1. The predicted octanol–water partition coefficient (Wildman–Crippen LogP) is 5.60. The van der Waals surface area contributed by atoms with Crippen LogP contribution in [-0.4, -0.2) is 63.6 Å². The van der Waals surface area contributed by atoms with Crippen LogP contribution in [-0.2, 0) is 19.2 Å². The third-order valence-corrected chi connectivity index (χ3v) is 8.45. The molecule has 238 valence electrons. The third kappa shape index (κ3) is 6.95. The lowest BCUT2D eigenvalue weighted by atomic mass is 9.97. The van der Waals surface area contributed by atoms with Crippen LogP contribution in [0.5, 0.6) is 5.75 Å². The number of amides is 1. The molecule has 3 aromatic rings.